The molecule has 5 rings (SSSR count). The lowest BCUT2D eigenvalue weighted by Gasteiger charge is -2.36. The number of aryl methyl sites for hydroxylation is 1. The fraction of sp³-hybridized carbons (Fsp3) is 0.467. The fourth-order valence-corrected chi connectivity index (χ4v) is 6.03. The van der Waals surface area contributed by atoms with E-state index in [0.29, 0.717) is 5.56 Å². The van der Waals surface area contributed by atoms with Crippen LogP contribution in [-0.4, -0.2) is 30.6 Å². The maximum Gasteiger partial charge on any atom is 0.126 e. The van der Waals surface area contributed by atoms with Crippen molar-refractivity contribution in [3.63, 3.8) is 0 Å². The molecular formula is C30H39FN4. The monoisotopic (exact) mass is 474 g/mol. The summed E-state index contributed by atoms with van der Waals surface area (Å²) in [5.41, 5.74) is 14.9. The largest absolute Gasteiger partial charge is 0.401 e. The molecule has 1 fully saturated rings. The highest BCUT2D eigenvalue weighted by atomic mass is 19.1. The minimum atomic E-state index is -0.170. The fourth-order valence-electron chi connectivity index (χ4n) is 6.03. The minimum Gasteiger partial charge on any atom is -0.401 e. The van der Waals surface area contributed by atoms with Crippen molar-refractivity contribution < 1.29 is 4.39 Å². The van der Waals surface area contributed by atoms with E-state index in [1.807, 2.05) is 26.0 Å². The second-order valence-corrected chi connectivity index (χ2v) is 10.5. The molecule has 4 N–H and O–H groups in total. The van der Waals surface area contributed by atoms with Crippen LogP contribution in [0.4, 0.5) is 10.1 Å². The number of nitrogens with one attached hydrogen (secondary N) is 2. The topological polar surface area (TPSA) is 53.3 Å². The number of nitrogens with zero attached hydrogens (tertiary/aromatic N) is 1. The van der Waals surface area contributed by atoms with Gasteiger partial charge in [-0.25, -0.2) is 4.39 Å². The van der Waals surface area contributed by atoms with Crippen molar-refractivity contribution in [1.82, 2.24) is 10.2 Å². The first kappa shape index (κ1) is 23.9. The highest BCUT2D eigenvalue weighted by Gasteiger charge is 2.26. The summed E-state index contributed by atoms with van der Waals surface area (Å²) >= 11 is 0. The van der Waals surface area contributed by atoms with Crippen LogP contribution in [0, 0.1) is 12.7 Å². The first-order valence-corrected chi connectivity index (χ1v) is 13.3. The Hall–Kier alpha value is -2.79. The van der Waals surface area contributed by atoms with Crippen molar-refractivity contribution in [2.45, 2.75) is 70.9 Å². The van der Waals surface area contributed by atoms with E-state index in [-0.39, 0.29) is 11.9 Å². The van der Waals surface area contributed by atoms with E-state index in [2.05, 4.69) is 39.8 Å². The van der Waals surface area contributed by atoms with Crippen LogP contribution in [0.2, 0.25) is 0 Å². The Morgan fingerprint density at radius 2 is 1.91 bits per heavy atom. The lowest BCUT2D eigenvalue weighted by Crippen LogP contribution is -2.39. The number of hydrogen-bond donors (Lipinski definition) is 3. The normalized spacial score (nSPS) is 23.1. The molecule has 0 saturated heterocycles. The van der Waals surface area contributed by atoms with E-state index >= 15 is 0 Å². The molecule has 4 nitrogen and oxygen atoms in total. The van der Waals surface area contributed by atoms with E-state index in [1.54, 1.807) is 6.07 Å². The molecule has 2 aliphatic heterocycles. The number of rotatable bonds is 4. The highest BCUT2D eigenvalue weighted by molar-refractivity contribution is 5.75. The number of anilines is 1. The average Bonchev–Trinajstić information content (AvgIpc) is 3.06. The number of halogens is 1. The second-order valence-electron chi connectivity index (χ2n) is 10.5. The molecule has 0 aromatic heterocycles. The van der Waals surface area contributed by atoms with Gasteiger partial charge in [-0.15, -0.1) is 0 Å². The van der Waals surface area contributed by atoms with Gasteiger partial charge in [-0.3, -0.25) is 4.90 Å². The summed E-state index contributed by atoms with van der Waals surface area (Å²) in [5, 5.41) is 7.23. The third kappa shape index (κ3) is 5.25. The van der Waals surface area contributed by atoms with Crippen LogP contribution < -0.4 is 16.4 Å². The Labute approximate surface area is 209 Å². The zero-order valence-corrected chi connectivity index (χ0v) is 21.2. The first-order valence-electron chi connectivity index (χ1n) is 13.3. The molecule has 1 saturated carbocycles. The van der Waals surface area contributed by atoms with Gasteiger partial charge < -0.3 is 16.4 Å². The van der Waals surface area contributed by atoms with E-state index in [1.165, 1.54) is 48.8 Å². The summed E-state index contributed by atoms with van der Waals surface area (Å²) < 4.78 is 13.9. The molecular weight excluding hydrogens is 435 g/mol. The molecule has 0 radical (unpaired) electrons. The zero-order chi connectivity index (χ0) is 24.4. The van der Waals surface area contributed by atoms with Crippen molar-refractivity contribution in [3.05, 3.63) is 76.2 Å². The zero-order valence-electron chi connectivity index (χ0n) is 21.2. The van der Waals surface area contributed by atoms with Crippen LogP contribution in [0.15, 0.2) is 48.2 Å². The van der Waals surface area contributed by atoms with Gasteiger partial charge in [-0.2, -0.15) is 0 Å². The smallest absolute Gasteiger partial charge is 0.126 e. The Bertz CT molecular complexity index is 1130. The van der Waals surface area contributed by atoms with Gasteiger partial charge in [0.05, 0.1) is 11.7 Å². The Morgan fingerprint density at radius 3 is 2.63 bits per heavy atom. The molecule has 3 aliphatic rings. The van der Waals surface area contributed by atoms with Crippen molar-refractivity contribution in [1.29, 1.82) is 0 Å². The second kappa shape index (κ2) is 10.4. The van der Waals surface area contributed by atoms with Gasteiger partial charge in [0.15, 0.2) is 0 Å². The molecule has 1 atom stereocenters. The summed E-state index contributed by atoms with van der Waals surface area (Å²) in [4.78, 5) is 2.69. The predicted octanol–water partition coefficient (Wildman–Crippen LogP) is 6.35. The Balaban J connectivity index is 1.44. The molecule has 0 spiro atoms. The van der Waals surface area contributed by atoms with Crippen LogP contribution in [0.3, 0.4) is 0 Å². The van der Waals surface area contributed by atoms with Gasteiger partial charge in [-0.1, -0.05) is 37.5 Å². The van der Waals surface area contributed by atoms with Gasteiger partial charge in [0, 0.05) is 42.6 Å². The molecule has 5 heteroatoms. The Kier molecular flexibility index (Phi) is 7.14. The van der Waals surface area contributed by atoms with Crippen molar-refractivity contribution in [2.75, 3.05) is 25.0 Å². The number of allylic oxidation sites excluding steroid dienone is 1. The predicted molar refractivity (Wildman–Crippen MR) is 144 cm³/mol. The molecule has 35 heavy (non-hydrogen) atoms. The molecule has 2 aromatic carbocycles. The molecule has 1 aliphatic carbocycles. The van der Waals surface area contributed by atoms with Gasteiger partial charge in [0.25, 0.3) is 0 Å². The van der Waals surface area contributed by atoms with Gasteiger partial charge in [0.2, 0.25) is 0 Å². The van der Waals surface area contributed by atoms with Crippen molar-refractivity contribution in [3.8, 4) is 0 Å². The summed E-state index contributed by atoms with van der Waals surface area (Å²) in [5.74, 6) is -0.170. The first-order chi connectivity index (χ1) is 17.0. The maximum absolute atomic E-state index is 13.9. The summed E-state index contributed by atoms with van der Waals surface area (Å²) in [6.07, 6.45) is 11.4. The summed E-state index contributed by atoms with van der Waals surface area (Å²) in [6, 6.07) is 13.0. The summed E-state index contributed by atoms with van der Waals surface area (Å²) in [6.45, 7) is 6.80. The van der Waals surface area contributed by atoms with E-state index in [9.17, 15) is 4.39 Å². The Morgan fingerprint density at radius 1 is 1.09 bits per heavy atom. The van der Waals surface area contributed by atoms with E-state index in [0.717, 1.165) is 61.2 Å². The third-order valence-corrected chi connectivity index (χ3v) is 8.03. The maximum atomic E-state index is 13.9. The van der Waals surface area contributed by atoms with E-state index in [4.69, 9.17) is 5.73 Å². The summed E-state index contributed by atoms with van der Waals surface area (Å²) in [7, 11) is 0. The van der Waals surface area contributed by atoms with Gasteiger partial charge in [-0.05, 0) is 86.1 Å². The molecule has 0 bridgehead atoms. The molecule has 2 aromatic rings. The minimum absolute atomic E-state index is 0.113. The third-order valence-electron chi connectivity index (χ3n) is 8.03. The molecule has 186 valence electrons. The lowest BCUT2D eigenvalue weighted by molar-refractivity contribution is 0.171. The number of hydrogen-bond acceptors (Lipinski definition) is 4. The lowest BCUT2D eigenvalue weighted by atomic mass is 9.89. The van der Waals surface area contributed by atoms with Crippen molar-refractivity contribution in [2.24, 2.45) is 5.73 Å². The molecule has 1 unspecified atom stereocenters. The van der Waals surface area contributed by atoms with Crippen LogP contribution in [-0.2, 0) is 0 Å². The number of fused-ring (bicyclic) bond motifs is 1. The van der Waals surface area contributed by atoms with Crippen LogP contribution in [0.5, 0.6) is 0 Å². The quantitative estimate of drug-likeness (QED) is 0.483. The number of benzene rings is 2. The van der Waals surface area contributed by atoms with E-state index < -0.39 is 0 Å². The standard InChI is InChI=1S/C30H39FN4/c1-20-18-24(9-11-28(20)31)34-29-12-15-33-30(21(2)32)26-10-8-23(19-27(26)29)22-13-16-35(17-14-22)25-6-4-3-5-7-25/h8-11,13,18-19,25,29,33-34H,3-7,12,14-17,32H2,1-2H3/b30-21-. The molecule has 0 amide bonds. The van der Waals surface area contributed by atoms with Crippen LogP contribution >= 0.6 is 0 Å². The average molecular weight is 475 g/mol. The van der Waals surface area contributed by atoms with Crippen LogP contribution in [0.1, 0.15) is 80.2 Å². The van der Waals surface area contributed by atoms with Gasteiger partial charge in [0.1, 0.15) is 5.82 Å². The van der Waals surface area contributed by atoms with Crippen molar-refractivity contribution >= 4 is 17.0 Å². The highest BCUT2D eigenvalue weighted by Crippen LogP contribution is 2.36. The van der Waals surface area contributed by atoms with Crippen LogP contribution in [0.25, 0.3) is 11.3 Å². The SMILES string of the molecule is C/C(N)=C1/NCCC(Nc2ccc(F)c(C)c2)c2cc(C3=CCN(C4CCCCC4)CC3)ccc21. The van der Waals surface area contributed by atoms with Gasteiger partial charge >= 0.3 is 0 Å². The molecule has 2 heterocycles. The number of nitrogens with two attached hydrogens (primary N) is 1.